The number of primary amides is 1. The molecule has 25 nitrogen and oxygen atoms in total. The minimum Gasteiger partial charge on any atom is -0.480 e. The minimum absolute atomic E-state index is 0.0129. The van der Waals surface area contributed by atoms with E-state index >= 15 is 0 Å². The van der Waals surface area contributed by atoms with E-state index in [1.165, 1.54) is 11.8 Å². The van der Waals surface area contributed by atoms with Crippen LogP contribution in [0.15, 0.2) is 65.7 Å². The van der Waals surface area contributed by atoms with Crippen LogP contribution in [-0.2, 0) is 60.8 Å². The van der Waals surface area contributed by atoms with E-state index in [0.717, 1.165) is 0 Å². The summed E-state index contributed by atoms with van der Waals surface area (Å²) in [6.07, 6.45) is 0.102. The molecule has 1 heterocycles. The highest BCUT2D eigenvalue weighted by molar-refractivity contribution is 5.99. The summed E-state index contributed by atoms with van der Waals surface area (Å²) in [6, 6.07) is 5.40. The Kier molecular flexibility index (Phi) is 25.8. The van der Waals surface area contributed by atoms with Crippen LogP contribution < -0.4 is 60.2 Å². The molecule has 0 saturated carbocycles. The van der Waals surface area contributed by atoms with Crippen LogP contribution in [0.1, 0.15) is 90.7 Å². The number of aliphatic imine (C=N–C) groups is 1. The van der Waals surface area contributed by atoms with E-state index in [9.17, 15) is 58.2 Å². The molecule has 0 unspecified atom stereocenters. The molecule has 418 valence electrons. The first-order valence-corrected chi connectivity index (χ1v) is 25.3. The fourth-order valence-electron chi connectivity index (χ4n) is 8.31. The predicted molar refractivity (Wildman–Crippen MR) is 280 cm³/mol. The van der Waals surface area contributed by atoms with Gasteiger partial charge in [0.15, 0.2) is 5.96 Å². The highest BCUT2D eigenvalue weighted by atomic mass is 16.4. The van der Waals surface area contributed by atoms with Crippen LogP contribution in [0.25, 0.3) is 0 Å². The monoisotopic (exact) mass is 1060 g/mol. The van der Waals surface area contributed by atoms with Crippen molar-refractivity contribution in [3.8, 4) is 0 Å². The molecule has 0 radical (unpaired) electrons. The van der Waals surface area contributed by atoms with Crippen LogP contribution in [0.5, 0.6) is 0 Å². The molecule has 0 aliphatic carbocycles. The van der Waals surface area contributed by atoms with Gasteiger partial charge in [-0.25, -0.2) is 4.79 Å². The molecule has 3 rings (SSSR count). The SMILES string of the molecule is CC(C)C[C@H](NC(=O)[C@@H]1CCCN1C(=O)[C@H](CC(C)C)NC(=O)[C@H](CC(N)=O)NC(=O)[C@H](C)NC(=O)[C@H](Cc1ccccc1)NC(=O)[C@@H](N)CO)C(=O)N[C@@H](CCCN=C(N)N)C(=O)N[C@@H](Cc1ccccc1)C(=O)O. The van der Waals surface area contributed by atoms with E-state index in [4.69, 9.17) is 22.9 Å². The zero-order valence-electron chi connectivity index (χ0n) is 43.8. The molecule has 2 aromatic carbocycles. The molecular formula is C51H77N13O12. The largest absolute Gasteiger partial charge is 0.480 e. The van der Waals surface area contributed by atoms with Gasteiger partial charge in [0.1, 0.15) is 54.4 Å². The first kappa shape index (κ1) is 62.6. The van der Waals surface area contributed by atoms with Crippen molar-refractivity contribution in [3.05, 3.63) is 71.8 Å². The van der Waals surface area contributed by atoms with Gasteiger partial charge in [0.2, 0.25) is 53.2 Å². The van der Waals surface area contributed by atoms with E-state index in [0.29, 0.717) is 17.5 Å². The second-order valence-electron chi connectivity index (χ2n) is 19.7. The Balaban J connectivity index is 1.80. The number of benzene rings is 2. The Hall–Kier alpha value is -7.67. The van der Waals surface area contributed by atoms with Gasteiger partial charge in [0, 0.05) is 25.9 Å². The number of nitrogens with two attached hydrogens (primary N) is 4. The van der Waals surface area contributed by atoms with Gasteiger partial charge in [-0.1, -0.05) is 88.4 Å². The number of carboxylic acid groups (broad SMARTS) is 1. The van der Waals surface area contributed by atoms with Crippen LogP contribution in [0.4, 0.5) is 0 Å². The molecule has 17 N–H and O–H groups in total. The second kappa shape index (κ2) is 31.3. The van der Waals surface area contributed by atoms with Crippen molar-refractivity contribution in [3.63, 3.8) is 0 Å². The topological polar surface area (TPSA) is 415 Å². The molecule has 9 atom stereocenters. The summed E-state index contributed by atoms with van der Waals surface area (Å²) in [7, 11) is 0. The average Bonchev–Trinajstić information content (AvgIpc) is 3.86. The van der Waals surface area contributed by atoms with Crippen molar-refractivity contribution < 1.29 is 58.2 Å². The molecule has 76 heavy (non-hydrogen) atoms. The van der Waals surface area contributed by atoms with E-state index in [-0.39, 0.29) is 75.8 Å². The molecule has 0 bridgehead atoms. The van der Waals surface area contributed by atoms with Gasteiger partial charge < -0.3 is 75.3 Å². The summed E-state index contributed by atoms with van der Waals surface area (Å²) in [6.45, 7) is 7.97. The maximum atomic E-state index is 14.5. The summed E-state index contributed by atoms with van der Waals surface area (Å²) in [5.74, 6) is -9.31. The quantitative estimate of drug-likeness (QED) is 0.0208. The number of rotatable bonds is 31. The third-order valence-corrected chi connectivity index (χ3v) is 12.2. The van der Waals surface area contributed by atoms with Crippen molar-refractivity contribution in [2.75, 3.05) is 19.7 Å². The van der Waals surface area contributed by atoms with Gasteiger partial charge in [0.25, 0.3) is 0 Å². The lowest BCUT2D eigenvalue weighted by Gasteiger charge is -2.32. The third kappa shape index (κ3) is 21.3. The number of carboxylic acids is 1. The summed E-state index contributed by atoms with van der Waals surface area (Å²) < 4.78 is 0. The van der Waals surface area contributed by atoms with E-state index in [2.05, 4.69) is 42.2 Å². The van der Waals surface area contributed by atoms with Crippen LogP contribution in [0.2, 0.25) is 0 Å². The molecule has 0 aromatic heterocycles. The number of nitrogens with zero attached hydrogens (tertiary/aromatic N) is 2. The zero-order valence-corrected chi connectivity index (χ0v) is 43.8. The van der Waals surface area contributed by atoms with Crippen molar-refractivity contribution in [2.24, 2.45) is 39.8 Å². The number of hydrogen-bond acceptors (Lipinski definition) is 13. The number of carbonyl (C=O) groups excluding carboxylic acids is 9. The van der Waals surface area contributed by atoms with E-state index in [1.807, 2.05) is 13.8 Å². The lowest BCUT2D eigenvalue weighted by Crippen LogP contribution is -2.60. The smallest absolute Gasteiger partial charge is 0.326 e. The maximum Gasteiger partial charge on any atom is 0.326 e. The Morgan fingerprint density at radius 3 is 1.64 bits per heavy atom. The maximum absolute atomic E-state index is 14.5. The first-order valence-electron chi connectivity index (χ1n) is 25.3. The molecule has 1 aliphatic heterocycles. The van der Waals surface area contributed by atoms with Gasteiger partial charge in [-0.3, -0.25) is 48.1 Å². The number of aliphatic carboxylic acids is 1. The van der Waals surface area contributed by atoms with Crippen molar-refractivity contribution >= 4 is 65.1 Å². The lowest BCUT2D eigenvalue weighted by atomic mass is 10.00. The van der Waals surface area contributed by atoms with Crippen molar-refractivity contribution in [1.82, 2.24) is 42.1 Å². The summed E-state index contributed by atoms with van der Waals surface area (Å²) in [4.78, 5) is 140. The van der Waals surface area contributed by atoms with Gasteiger partial charge in [0.05, 0.1) is 13.0 Å². The van der Waals surface area contributed by atoms with E-state index < -0.39 is 127 Å². The molecule has 25 heteroatoms. The van der Waals surface area contributed by atoms with Crippen LogP contribution in [0.3, 0.4) is 0 Å². The number of aliphatic hydroxyl groups is 1. The number of aliphatic hydroxyl groups excluding tert-OH is 1. The number of hydrogen-bond donors (Lipinski definition) is 13. The molecule has 2 aromatic rings. The second-order valence-corrected chi connectivity index (χ2v) is 19.7. The Bertz CT molecular complexity index is 2330. The number of amides is 9. The Morgan fingerprint density at radius 1 is 0.618 bits per heavy atom. The predicted octanol–water partition coefficient (Wildman–Crippen LogP) is -2.70. The van der Waals surface area contributed by atoms with Gasteiger partial charge in [-0.2, -0.15) is 0 Å². The first-order chi connectivity index (χ1) is 35.9. The molecule has 9 amide bonds. The molecule has 1 saturated heterocycles. The standard InChI is InChI=1S/C51H77N13O12/c1-28(2)22-35(46(71)58-34(18-12-20-56-51(54)55)44(69)63-39(50(75)76)25-32-16-10-7-11-17-32)61-48(73)40-19-13-21-64(40)49(74)38(23-29(3)4)62-47(72)37(26-41(53)66)59-42(67)30(5)57-45(70)36(60-43(68)33(52)27-65)24-31-14-8-6-9-15-31/h6-11,14-17,28-30,33-40,65H,12-13,18-27,52H2,1-5H3,(H2,53,66)(H,57,70)(H,58,71)(H,59,67)(H,60,68)(H,61,73)(H,62,72)(H,63,69)(H,75,76)(H4,54,55,56)/t30-,33-,34-,35-,36-,37-,38-,39-,40-/m0/s1. The Morgan fingerprint density at radius 2 is 1.11 bits per heavy atom. The Labute approximate surface area is 442 Å². The van der Waals surface area contributed by atoms with Gasteiger partial charge in [-0.15, -0.1) is 0 Å². The van der Waals surface area contributed by atoms with Gasteiger partial charge in [-0.05, 0) is 68.4 Å². The van der Waals surface area contributed by atoms with Gasteiger partial charge >= 0.3 is 5.97 Å². The number of guanidine groups is 1. The highest BCUT2D eigenvalue weighted by Crippen LogP contribution is 2.22. The van der Waals surface area contributed by atoms with Crippen molar-refractivity contribution in [2.45, 2.75) is 147 Å². The summed E-state index contributed by atoms with van der Waals surface area (Å²) in [5, 5.41) is 37.3. The molecule has 0 spiro atoms. The fourth-order valence-corrected chi connectivity index (χ4v) is 8.31. The summed E-state index contributed by atoms with van der Waals surface area (Å²) in [5.41, 5.74) is 23.4. The summed E-state index contributed by atoms with van der Waals surface area (Å²) >= 11 is 0. The molecule has 1 fully saturated rings. The highest BCUT2D eigenvalue weighted by Gasteiger charge is 2.41. The molecule has 1 aliphatic rings. The number of carbonyl (C=O) groups is 10. The van der Waals surface area contributed by atoms with Crippen LogP contribution in [0, 0.1) is 11.8 Å². The molecular weight excluding hydrogens is 987 g/mol. The third-order valence-electron chi connectivity index (χ3n) is 12.2. The normalized spacial score (nSPS) is 16.3. The van der Waals surface area contributed by atoms with Crippen molar-refractivity contribution in [1.29, 1.82) is 0 Å². The number of likely N-dealkylation sites (tertiary alicyclic amines) is 1. The average molecular weight is 1060 g/mol. The van der Waals surface area contributed by atoms with Crippen LogP contribution in [-0.4, -0.2) is 154 Å². The zero-order chi connectivity index (χ0) is 56.6. The lowest BCUT2D eigenvalue weighted by molar-refractivity contribution is -0.143. The van der Waals surface area contributed by atoms with Crippen LogP contribution >= 0.6 is 0 Å². The number of nitrogens with one attached hydrogen (secondary N) is 7. The minimum atomic E-state index is -1.64. The van der Waals surface area contributed by atoms with E-state index in [1.54, 1.807) is 74.5 Å². The fraction of sp³-hybridized carbons (Fsp3) is 0.549.